The number of nitrogens with one attached hydrogen (secondary N) is 1. The molecule has 1 unspecified atom stereocenters. The third kappa shape index (κ3) is 2.93. The number of hydrogen-bond donors (Lipinski definition) is 1. The summed E-state index contributed by atoms with van der Waals surface area (Å²) >= 11 is 1.13. The number of halogens is 1. The van der Waals surface area contributed by atoms with Crippen LogP contribution in [-0.4, -0.2) is 22.0 Å². The lowest BCUT2D eigenvalue weighted by molar-refractivity contribution is -0.129. The largest absolute Gasteiger partial charge is 0.304 e. The first kappa shape index (κ1) is 13.5. The molecule has 0 saturated heterocycles. The van der Waals surface area contributed by atoms with Crippen LogP contribution in [0.1, 0.15) is 24.8 Å². The highest BCUT2D eigenvalue weighted by molar-refractivity contribution is 8.14. The van der Waals surface area contributed by atoms with E-state index in [1.807, 2.05) is 0 Å². The number of benzene rings is 1. The highest BCUT2D eigenvalue weighted by Crippen LogP contribution is 2.39. The molecule has 1 heterocycles. The summed E-state index contributed by atoms with van der Waals surface area (Å²) in [5.74, 6) is -1.02. The van der Waals surface area contributed by atoms with Gasteiger partial charge in [-0.3, -0.25) is 9.59 Å². The summed E-state index contributed by atoms with van der Waals surface area (Å²) in [7, 11) is 0. The molecule has 1 aromatic rings. The molecule has 1 aliphatic heterocycles. The van der Waals surface area contributed by atoms with Crippen molar-refractivity contribution in [1.29, 1.82) is 0 Å². The summed E-state index contributed by atoms with van der Waals surface area (Å²) in [5.41, 5.74) is 0.354. The second kappa shape index (κ2) is 5.40. The monoisotopic (exact) mass is 281 g/mol. The van der Waals surface area contributed by atoms with Crippen LogP contribution in [0, 0.1) is 5.82 Å². The van der Waals surface area contributed by atoms with E-state index in [1.165, 1.54) is 19.9 Å². The van der Waals surface area contributed by atoms with Gasteiger partial charge in [-0.1, -0.05) is 30.0 Å². The van der Waals surface area contributed by atoms with Gasteiger partial charge in [0.05, 0.1) is 0 Å². The van der Waals surface area contributed by atoms with Crippen molar-refractivity contribution in [3.05, 3.63) is 35.6 Å². The molecule has 5 nitrogen and oxygen atoms in total. The number of nitrogens with zero attached hydrogens (tertiary/aromatic N) is 2. The Bertz CT molecular complexity index is 562. The SMILES string of the molecule is CC(=O)NC1=NN(C(C)=O)C(c2ccccc2F)S1. The van der Waals surface area contributed by atoms with E-state index in [-0.39, 0.29) is 17.0 Å². The first-order chi connectivity index (χ1) is 8.99. The van der Waals surface area contributed by atoms with Crippen LogP contribution in [0.25, 0.3) is 0 Å². The average molecular weight is 281 g/mol. The maximum absolute atomic E-state index is 13.8. The second-order valence-corrected chi connectivity index (χ2v) is 5.01. The Kier molecular flexibility index (Phi) is 3.84. The van der Waals surface area contributed by atoms with Gasteiger partial charge in [-0.05, 0) is 6.07 Å². The lowest BCUT2D eigenvalue weighted by Crippen LogP contribution is -2.25. The molecular formula is C12H12FN3O2S. The molecule has 1 atom stereocenters. The number of carbonyl (C=O) groups excluding carboxylic acids is 2. The number of amidine groups is 1. The minimum Gasteiger partial charge on any atom is -0.304 e. The molecule has 0 aliphatic carbocycles. The van der Waals surface area contributed by atoms with Gasteiger partial charge in [0.15, 0.2) is 5.17 Å². The predicted octanol–water partition coefficient (Wildman–Crippen LogP) is 1.83. The quantitative estimate of drug-likeness (QED) is 0.854. The van der Waals surface area contributed by atoms with Crippen LogP contribution in [-0.2, 0) is 9.59 Å². The maximum Gasteiger partial charge on any atom is 0.241 e. The predicted molar refractivity (Wildman–Crippen MR) is 70.5 cm³/mol. The van der Waals surface area contributed by atoms with Gasteiger partial charge in [0.1, 0.15) is 11.2 Å². The van der Waals surface area contributed by atoms with Crippen molar-refractivity contribution >= 4 is 28.7 Å². The average Bonchev–Trinajstić information content (AvgIpc) is 2.72. The summed E-state index contributed by atoms with van der Waals surface area (Å²) < 4.78 is 13.8. The summed E-state index contributed by atoms with van der Waals surface area (Å²) in [6.45, 7) is 2.69. The van der Waals surface area contributed by atoms with Crippen LogP contribution in [0.15, 0.2) is 29.4 Å². The van der Waals surface area contributed by atoms with Crippen molar-refractivity contribution in [3.63, 3.8) is 0 Å². The fourth-order valence-corrected chi connectivity index (χ4v) is 2.80. The fourth-order valence-electron chi connectivity index (χ4n) is 1.64. The van der Waals surface area contributed by atoms with Gasteiger partial charge in [0, 0.05) is 19.4 Å². The van der Waals surface area contributed by atoms with E-state index in [9.17, 15) is 14.0 Å². The molecule has 0 aromatic heterocycles. The Morgan fingerprint density at radius 1 is 1.37 bits per heavy atom. The molecule has 1 aliphatic rings. The summed E-state index contributed by atoms with van der Waals surface area (Å²) in [6, 6.07) is 6.18. The zero-order chi connectivity index (χ0) is 14.0. The molecule has 0 fully saturated rings. The Hall–Kier alpha value is -1.89. The summed E-state index contributed by atoms with van der Waals surface area (Å²) in [6.07, 6.45) is 0. The van der Waals surface area contributed by atoms with E-state index in [1.54, 1.807) is 18.2 Å². The molecule has 1 aromatic carbocycles. The topological polar surface area (TPSA) is 61.8 Å². The van der Waals surface area contributed by atoms with Crippen molar-refractivity contribution in [3.8, 4) is 0 Å². The number of thioether (sulfide) groups is 1. The lowest BCUT2D eigenvalue weighted by atomic mass is 10.2. The number of amides is 2. The zero-order valence-corrected chi connectivity index (χ0v) is 11.2. The van der Waals surface area contributed by atoms with Gasteiger partial charge in [0.25, 0.3) is 0 Å². The van der Waals surface area contributed by atoms with E-state index >= 15 is 0 Å². The number of carbonyl (C=O) groups is 2. The summed E-state index contributed by atoms with van der Waals surface area (Å²) in [5, 5.41) is 7.35. The van der Waals surface area contributed by atoms with E-state index in [2.05, 4.69) is 10.4 Å². The van der Waals surface area contributed by atoms with Gasteiger partial charge in [0.2, 0.25) is 11.8 Å². The normalized spacial score (nSPS) is 18.2. The minimum atomic E-state index is -0.597. The van der Waals surface area contributed by atoms with Crippen molar-refractivity contribution in [2.45, 2.75) is 19.2 Å². The van der Waals surface area contributed by atoms with Gasteiger partial charge in [-0.25, -0.2) is 9.40 Å². The van der Waals surface area contributed by atoms with Gasteiger partial charge in [-0.2, -0.15) is 0 Å². The molecule has 0 saturated carbocycles. The van der Waals surface area contributed by atoms with E-state index < -0.39 is 11.2 Å². The molecule has 1 N–H and O–H groups in total. The van der Waals surface area contributed by atoms with Gasteiger partial charge < -0.3 is 5.32 Å². The molecule has 2 rings (SSSR count). The van der Waals surface area contributed by atoms with Gasteiger partial charge >= 0.3 is 0 Å². The highest BCUT2D eigenvalue weighted by Gasteiger charge is 2.33. The standard InChI is InChI=1S/C12H12FN3O2S/c1-7(17)14-12-15-16(8(2)18)11(19-12)9-5-3-4-6-10(9)13/h3-6,11H,1-2H3,(H,14,15,17). The Morgan fingerprint density at radius 3 is 2.63 bits per heavy atom. The Morgan fingerprint density at radius 2 is 2.05 bits per heavy atom. The third-order valence-electron chi connectivity index (χ3n) is 2.42. The molecule has 100 valence electrons. The smallest absolute Gasteiger partial charge is 0.241 e. The van der Waals surface area contributed by atoms with Crippen molar-refractivity contribution in [2.24, 2.45) is 5.10 Å². The van der Waals surface area contributed by atoms with Crippen LogP contribution in [0.5, 0.6) is 0 Å². The fraction of sp³-hybridized carbons (Fsp3) is 0.250. The minimum absolute atomic E-state index is 0.288. The van der Waals surface area contributed by atoms with Crippen molar-refractivity contribution < 1.29 is 14.0 Å². The summed E-state index contributed by atoms with van der Waals surface area (Å²) in [4.78, 5) is 22.5. The van der Waals surface area contributed by atoms with Gasteiger partial charge in [-0.15, -0.1) is 5.10 Å². The molecule has 0 radical (unpaired) electrons. The second-order valence-electron chi connectivity index (χ2n) is 3.94. The third-order valence-corrected chi connectivity index (χ3v) is 3.50. The van der Waals surface area contributed by atoms with E-state index in [4.69, 9.17) is 0 Å². The van der Waals surface area contributed by atoms with Crippen molar-refractivity contribution in [2.75, 3.05) is 0 Å². The number of hydrogen-bond acceptors (Lipinski definition) is 4. The number of hydrazone groups is 1. The van der Waals surface area contributed by atoms with E-state index in [0.29, 0.717) is 5.56 Å². The van der Waals surface area contributed by atoms with Crippen LogP contribution < -0.4 is 5.32 Å². The number of rotatable bonds is 1. The maximum atomic E-state index is 13.8. The molecule has 0 spiro atoms. The molecular weight excluding hydrogens is 269 g/mol. The van der Waals surface area contributed by atoms with Crippen LogP contribution in [0.3, 0.4) is 0 Å². The molecule has 0 bridgehead atoms. The zero-order valence-electron chi connectivity index (χ0n) is 10.4. The molecule has 19 heavy (non-hydrogen) atoms. The Balaban J connectivity index is 2.30. The van der Waals surface area contributed by atoms with Crippen molar-refractivity contribution in [1.82, 2.24) is 10.3 Å². The lowest BCUT2D eigenvalue weighted by Gasteiger charge is -2.19. The van der Waals surface area contributed by atoms with Crippen LogP contribution in [0.4, 0.5) is 4.39 Å². The Labute approximate surface area is 113 Å². The van der Waals surface area contributed by atoms with E-state index in [0.717, 1.165) is 16.8 Å². The first-order valence-electron chi connectivity index (χ1n) is 5.56. The van der Waals surface area contributed by atoms with Crippen LogP contribution >= 0.6 is 11.8 Å². The van der Waals surface area contributed by atoms with Crippen LogP contribution in [0.2, 0.25) is 0 Å². The highest BCUT2D eigenvalue weighted by atomic mass is 32.2. The molecule has 7 heteroatoms. The molecule has 2 amide bonds. The first-order valence-corrected chi connectivity index (χ1v) is 6.44.